The van der Waals surface area contributed by atoms with Crippen LogP contribution < -0.4 is 10.1 Å². The quantitative estimate of drug-likeness (QED) is 0.840. The summed E-state index contributed by atoms with van der Waals surface area (Å²) in [4.78, 5) is 6.54. The second-order valence-corrected chi connectivity index (χ2v) is 5.42. The third kappa shape index (κ3) is 3.96. The number of rotatable bonds is 6. The van der Waals surface area contributed by atoms with Gasteiger partial charge in [0, 0.05) is 11.6 Å². The van der Waals surface area contributed by atoms with E-state index in [1.54, 1.807) is 6.20 Å². The number of nitrogens with zero attached hydrogens (tertiary/aromatic N) is 2. The van der Waals surface area contributed by atoms with E-state index in [0.717, 1.165) is 11.4 Å². The highest BCUT2D eigenvalue weighted by Gasteiger charge is 2.21. The first-order valence-electron chi connectivity index (χ1n) is 6.30. The van der Waals surface area contributed by atoms with Crippen molar-refractivity contribution in [3.8, 4) is 5.75 Å². The van der Waals surface area contributed by atoms with Gasteiger partial charge in [-0.05, 0) is 54.0 Å². The fourth-order valence-electron chi connectivity index (χ4n) is 1.27. The molecule has 1 atom stereocenters. The Morgan fingerprint density at radius 3 is 2.50 bits per heavy atom. The summed E-state index contributed by atoms with van der Waals surface area (Å²) in [5.41, 5.74) is 1.04. The molecule has 1 N–H and O–H groups in total. The van der Waals surface area contributed by atoms with E-state index in [4.69, 9.17) is 4.74 Å². The molecule has 0 saturated heterocycles. The highest BCUT2D eigenvalue weighted by atomic mass is 16.5. The summed E-state index contributed by atoms with van der Waals surface area (Å²) in [5.74, 6) is 0.817. The largest absolute Gasteiger partial charge is 0.490 e. The molecule has 1 aromatic heterocycles. The highest BCUT2D eigenvalue weighted by Crippen LogP contribution is 2.17. The van der Waals surface area contributed by atoms with Crippen molar-refractivity contribution in [1.29, 1.82) is 0 Å². The van der Waals surface area contributed by atoms with Gasteiger partial charge >= 0.3 is 0 Å². The molecule has 1 unspecified atom stereocenters. The topological polar surface area (TPSA) is 37.4 Å². The van der Waals surface area contributed by atoms with Crippen LogP contribution in [0.4, 0.5) is 0 Å². The van der Waals surface area contributed by atoms with Gasteiger partial charge in [-0.15, -0.1) is 0 Å². The lowest BCUT2D eigenvalue weighted by Crippen LogP contribution is -2.43. The molecule has 0 spiro atoms. The molecule has 0 aliphatic carbocycles. The van der Waals surface area contributed by atoms with Gasteiger partial charge in [0.05, 0.1) is 11.9 Å². The Morgan fingerprint density at radius 2 is 2.06 bits per heavy atom. The fourth-order valence-corrected chi connectivity index (χ4v) is 1.27. The summed E-state index contributed by atoms with van der Waals surface area (Å²) < 4.78 is 5.78. The predicted octanol–water partition coefficient (Wildman–Crippen LogP) is 2.08. The van der Waals surface area contributed by atoms with Gasteiger partial charge in [-0.3, -0.25) is 4.98 Å². The van der Waals surface area contributed by atoms with E-state index in [1.165, 1.54) is 0 Å². The molecular weight excluding hydrogens is 226 g/mol. The van der Waals surface area contributed by atoms with Gasteiger partial charge in [0.1, 0.15) is 12.4 Å². The van der Waals surface area contributed by atoms with Gasteiger partial charge in [-0.25, -0.2) is 0 Å². The van der Waals surface area contributed by atoms with Crippen molar-refractivity contribution < 1.29 is 4.74 Å². The predicted molar refractivity (Wildman–Crippen MR) is 75.0 cm³/mol. The number of nitrogens with one attached hydrogen (secondary N) is 1. The SMILES string of the molecule is CNC(C)c1ccc(OCC(C)(C)N(C)C)cn1. The zero-order valence-corrected chi connectivity index (χ0v) is 12.3. The average molecular weight is 251 g/mol. The minimum atomic E-state index is 0.0109. The molecule has 0 aliphatic heterocycles. The molecule has 0 aromatic carbocycles. The summed E-state index contributed by atoms with van der Waals surface area (Å²) in [7, 11) is 6.04. The third-order valence-electron chi connectivity index (χ3n) is 3.44. The van der Waals surface area contributed by atoms with Crippen LogP contribution in [0.15, 0.2) is 18.3 Å². The Labute approximate surface area is 110 Å². The number of likely N-dealkylation sites (N-methyl/N-ethyl adjacent to an activating group) is 1. The lowest BCUT2D eigenvalue weighted by atomic mass is 10.1. The smallest absolute Gasteiger partial charge is 0.137 e. The van der Waals surface area contributed by atoms with Crippen molar-refractivity contribution in [2.75, 3.05) is 27.7 Å². The van der Waals surface area contributed by atoms with E-state index in [0.29, 0.717) is 6.61 Å². The Morgan fingerprint density at radius 1 is 1.39 bits per heavy atom. The third-order valence-corrected chi connectivity index (χ3v) is 3.44. The first kappa shape index (κ1) is 14.9. The van der Waals surface area contributed by atoms with Crippen molar-refractivity contribution in [3.63, 3.8) is 0 Å². The molecule has 4 nitrogen and oxygen atoms in total. The molecule has 0 fully saturated rings. The zero-order valence-electron chi connectivity index (χ0n) is 12.3. The summed E-state index contributed by atoms with van der Waals surface area (Å²) >= 11 is 0. The second kappa shape index (κ2) is 6.16. The zero-order chi connectivity index (χ0) is 13.8. The first-order valence-corrected chi connectivity index (χ1v) is 6.30. The molecule has 1 rings (SSSR count). The van der Waals surface area contributed by atoms with E-state index in [9.17, 15) is 0 Å². The first-order chi connectivity index (χ1) is 8.36. The highest BCUT2D eigenvalue weighted by molar-refractivity contribution is 5.21. The van der Waals surface area contributed by atoms with Crippen LogP contribution in [0.5, 0.6) is 5.75 Å². The molecule has 0 amide bonds. The van der Waals surface area contributed by atoms with Gasteiger partial charge in [-0.2, -0.15) is 0 Å². The van der Waals surface area contributed by atoms with Crippen molar-refractivity contribution in [2.24, 2.45) is 0 Å². The van der Waals surface area contributed by atoms with Crippen LogP contribution in [0.3, 0.4) is 0 Å². The number of hydrogen-bond acceptors (Lipinski definition) is 4. The maximum absolute atomic E-state index is 5.78. The van der Waals surface area contributed by atoms with Crippen LogP contribution in [0, 0.1) is 0 Å². The number of aromatic nitrogens is 1. The number of pyridine rings is 1. The van der Waals surface area contributed by atoms with Crippen LogP contribution in [-0.4, -0.2) is 43.2 Å². The van der Waals surface area contributed by atoms with Crippen molar-refractivity contribution in [2.45, 2.75) is 32.4 Å². The van der Waals surface area contributed by atoms with E-state index in [1.807, 2.05) is 19.2 Å². The van der Waals surface area contributed by atoms with Gasteiger partial charge in [-0.1, -0.05) is 0 Å². The molecule has 1 aromatic rings. The normalized spacial score (nSPS) is 13.7. The van der Waals surface area contributed by atoms with Crippen LogP contribution in [-0.2, 0) is 0 Å². The van der Waals surface area contributed by atoms with Gasteiger partial charge < -0.3 is 15.0 Å². The lowest BCUT2D eigenvalue weighted by molar-refractivity contribution is 0.114. The summed E-state index contributed by atoms with van der Waals surface area (Å²) in [6.45, 7) is 7.02. The molecule has 0 aliphatic rings. The summed E-state index contributed by atoms with van der Waals surface area (Å²) in [5, 5.41) is 3.16. The average Bonchev–Trinajstić information content (AvgIpc) is 2.36. The number of ether oxygens (including phenoxy) is 1. The molecule has 102 valence electrons. The standard InChI is InChI=1S/C14H25N3O/c1-11(15-4)13-8-7-12(9-16-13)18-10-14(2,3)17(5)6/h7-9,11,15H,10H2,1-6H3. The molecule has 0 radical (unpaired) electrons. The minimum absolute atomic E-state index is 0.0109. The van der Waals surface area contributed by atoms with E-state index in [2.05, 4.69) is 50.1 Å². The van der Waals surface area contributed by atoms with Gasteiger partial charge in [0.2, 0.25) is 0 Å². The van der Waals surface area contributed by atoms with Crippen molar-refractivity contribution in [1.82, 2.24) is 15.2 Å². The molecular formula is C14H25N3O. The molecule has 18 heavy (non-hydrogen) atoms. The Balaban J connectivity index is 2.59. The van der Waals surface area contributed by atoms with Crippen molar-refractivity contribution in [3.05, 3.63) is 24.0 Å². The fraction of sp³-hybridized carbons (Fsp3) is 0.643. The van der Waals surface area contributed by atoms with Gasteiger partial charge in [0.25, 0.3) is 0 Å². The summed E-state index contributed by atoms with van der Waals surface area (Å²) in [6, 6.07) is 4.23. The Kier molecular flexibility index (Phi) is 5.11. The van der Waals surface area contributed by atoms with E-state index in [-0.39, 0.29) is 11.6 Å². The van der Waals surface area contributed by atoms with Crippen LogP contribution >= 0.6 is 0 Å². The van der Waals surface area contributed by atoms with Crippen LogP contribution in [0.2, 0.25) is 0 Å². The van der Waals surface area contributed by atoms with E-state index >= 15 is 0 Å². The lowest BCUT2D eigenvalue weighted by Gasteiger charge is -2.32. The van der Waals surface area contributed by atoms with Crippen LogP contribution in [0.1, 0.15) is 32.5 Å². The summed E-state index contributed by atoms with van der Waals surface area (Å²) in [6.07, 6.45) is 1.79. The maximum atomic E-state index is 5.78. The van der Waals surface area contributed by atoms with E-state index < -0.39 is 0 Å². The maximum Gasteiger partial charge on any atom is 0.137 e. The molecule has 0 saturated carbocycles. The van der Waals surface area contributed by atoms with Crippen molar-refractivity contribution >= 4 is 0 Å². The second-order valence-electron chi connectivity index (χ2n) is 5.42. The van der Waals surface area contributed by atoms with Crippen LogP contribution in [0.25, 0.3) is 0 Å². The Bertz CT molecular complexity index is 360. The Hall–Kier alpha value is -1.13. The van der Waals surface area contributed by atoms with Gasteiger partial charge in [0.15, 0.2) is 0 Å². The molecule has 4 heteroatoms. The molecule has 0 bridgehead atoms. The minimum Gasteiger partial charge on any atom is -0.490 e. The number of hydrogen-bond donors (Lipinski definition) is 1. The monoisotopic (exact) mass is 251 g/mol. The molecule has 1 heterocycles.